The smallest absolute Gasteiger partial charge is 0.317 e. The maximum Gasteiger partial charge on any atom is 0.317 e. The fraction of sp³-hybridized carbons (Fsp3) is 0.538. The van der Waals surface area contributed by atoms with Crippen molar-refractivity contribution in [3.05, 3.63) is 17.8 Å². The Kier molecular flexibility index (Phi) is 2.55. The van der Waals surface area contributed by atoms with Crippen molar-refractivity contribution < 1.29 is 9.53 Å². The molecule has 1 aromatic heterocycles. The summed E-state index contributed by atoms with van der Waals surface area (Å²) in [6, 6.07) is 3.87. The number of pyridine rings is 1. The Hall–Kier alpha value is -1.98. The highest BCUT2D eigenvalue weighted by molar-refractivity contribution is 5.79. The standard InChI is InChI=1S/C13H18N4O2/c1-9-4-5-10(19-3)11(15-9)17-7-13(8-17)6-14-12(18)16(13)2/h4-5H,6-8H2,1-3H3,(H,14,18). The molecule has 1 spiro atoms. The van der Waals surface area contributed by atoms with Crippen molar-refractivity contribution in [1.29, 1.82) is 0 Å². The lowest BCUT2D eigenvalue weighted by molar-refractivity contribution is 0.151. The molecule has 2 amide bonds. The Labute approximate surface area is 112 Å². The summed E-state index contributed by atoms with van der Waals surface area (Å²) in [7, 11) is 3.50. The monoisotopic (exact) mass is 262 g/mol. The first-order valence-electron chi connectivity index (χ1n) is 6.34. The fourth-order valence-corrected chi connectivity index (χ4v) is 2.75. The Morgan fingerprint density at radius 3 is 2.74 bits per heavy atom. The summed E-state index contributed by atoms with van der Waals surface area (Å²) in [5, 5.41) is 2.88. The Morgan fingerprint density at radius 1 is 1.42 bits per heavy atom. The normalized spacial score (nSPS) is 20.5. The second kappa shape index (κ2) is 4.01. The molecule has 19 heavy (non-hydrogen) atoms. The van der Waals surface area contributed by atoms with Crippen LogP contribution in [0.4, 0.5) is 10.6 Å². The van der Waals surface area contributed by atoms with Crippen molar-refractivity contribution in [3.8, 4) is 5.75 Å². The number of aromatic nitrogens is 1. The lowest BCUT2D eigenvalue weighted by Crippen LogP contribution is -2.69. The molecule has 0 radical (unpaired) electrons. The van der Waals surface area contributed by atoms with Crippen molar-refractivity contribution in [3.63, 3.8) is 0 Å². The van der Waals surface area contributed by atoms with E-state index in [1.54, 1.807) is 12.0 Å². The predicted octanol–water partition coefficient (Wildman–Crippen LogP) is 0.612. The summed E-state index contributed by atoms with van der Waals surface area (Å²) in [6.07, 6.45) is 0. The number of methoxy groups -OCH3 is 1. The number of hydrogen-bond donors (Lipinski definition) is 1. The lowest BCUT2D eigenvalue weighted by atomic mass is 9.89. The zero-order valence-corrected chi connectivity index (χ0v) is 11.4. The highest BCUT2D eigenvalue weighted by Crippen LogP contribution is 2.37. The van der Waals surface area contributed by atoms with Crippen LogP contribution < -0.4 is 15.0 Å². The largest absolute Gasteiger partial charge is 0.493 e. The van der Waals surface area contributed by atoms with Crippen LogP contribution in [0.5, 0.6) is 5.75 Å². The van der Waals surface area contributed by atoms with E-state index >= 15 is 0 Å². The number of nitrogens with zero attached hydrogens (tertiary/aromatic N) is 3. The van der Waals surface area contributed by atoms with Gasteiger partial charge in [0, 0.05) is 32.4 Å². The van der Waals surface area contributed by atoms with Crippen LogP contribution in [0.3, 0.4) is 0 Å². The summed E-state index contributed by atoms with van der Waals surface area (Å²) in [5.41, 5.74) is 0.874. The van der Waals surface area contributed by atoms with Gasteiger partial charge in [-0.15, -0.1) is 0 Å². The van der Waals surface area contributed by atoms with Crippen molar-refractivity contribution in [2.75, 3.05) is 38.7 Å². The van der Waals surface area contributed by atoms with Gasteiger partial charge >= 0.3 is 6.03 Å². The number of anilines is 1. The van der Waals surface area contributed by atoms with Crippen LogP contribution in [0, 0.1) is 6.92 Å². The van der Waals surface area contributed by atoms with E-state index in [2.05, 4.69) is 15.2 Å². The molecule has 6 nitrogen and oxygen atoms in total. The quantitative estimate of drug-likeness (QED) is 0.848. The van der Waals surface area contributed by atoms with E-state index in [0.717, 1.165) is 30.4 Å². The molecule has 0 aromatic carbocycles. The van der Waals surface area contributed by atoms with Gasteiger partial charge in [-0.25, -0.2) is 9.78 Å². The third-order valence-corrected chi connectivity index (χ3v) is 4.05. The van der Waals surface area contributed by atoms with Crippen molar-refractivity contribution in [1.82, 2.24) is 15.2 Å². The third-order valence-electron chi connectivity index (χ3n) is 4.05. The number of urea groups is 1. The van der Waals surface area contributed by atoms with E-state index in [-0.39, 0.29) is 11.6 Å². The summed E-state index contributed by atoms with van der Waals surface area (Å²) in [5.74, 6) is 1.64. The summed E-state index contributed by atoms with van der Waals surface area (Å²) in [4.78, 5) is 20.1. The topological polar surface area (TPSA) is 57.7 Å². The molecule has 0 bridgehead atoms. The van der Waals surface area contributed by atoms with E-state index in [4.69, 9.17) is 4.74 Å². The molecule has 3 heterocycles. The van der Waals surface area contributed by atoms with Gasteiger partial charge in [-0.2, -0.15) is 0 Å². The van der Waals surface area contributed by atoms with Crippen LogP contribution in [-0.2, 0) is 0 Å². The number of likely N-dealkylation sites (N-methyl/N-ethyl adjacent to an activating group) is 1. The number of carbonyl (C=O) groups is 1. The Balaban J connectivity index is 1.81. The van der Waals surface area contributed by atoms with E-state index in [1.165, 1.54) is 0 Å². The molecular weight excluding hydrogens is 244 g/mol. The van der Waals surface area contributed by atoms with Crippen molar-refractivity contribution in [2.24, 2.45) is 0 Å². The van der Waals surface area contributed by atoms with Gasteiger partial charge in [0.25, 0.3) is 0 Å². The lowest BCUT2D eigenvalue weighted by Gasteiger charge is -2.51. The van der Waals surface area contributed by atoms with Gasteiger partial charge in [0.05, 0.1) is 12.6 Å². The first-order valence-corrected chi connectivity index (χ1v) is 6.34. The number of hydrogen-bond acceptors (Lipinski definition) is 4. The maximum atomic E-state index is 11.6. The second-order valence-corrected chi connectivity index (χ2v) is 5.28. The molecule has 3 rings (SSSR count). The zero-order chi connectivity index (χ0) is 13.6. The number of carbonyl (C=O) groups excluding carboxylic acids is 1. The average molecular weight is 262 g/mol. The van der Waals surface area contributed by atoms with Gasteiger partial charge in [-0.1, -0.05) is 0 Å². The SMILES string of the molecule is COc1ccc(C)nc1N1CC2(CNC(=O)N2C)C1. The first kappa shape index (κ1) is 12.1. The number of ether oxygens (including phenoxy) is 1. The molecule has 2 fully saturated rings. The number of amides is 2. The van der Waals surface area contributed by atoms with Crippen LogP contribution in [0.1, 0.15) is 5.69 Å². The average Bonchev–Trinajstić information content (AvgIpc) is 2.65. The highest BCUT2D eigenvalue weighted by atomic mass is 16.5. The molecule has 0 aliphatic carbocycles. The molecule has 1 aromatic rings. The van der Waals surface area contributed by atoms with Gasteiger partial charge in [-0.3, -0.25) is 0 Å². The minimum absolute atomic E-state index is 0.00353. The minimum Gasteiger partial charge on any atom is -0.493 e. The first-order chi connectivity index (χ1) is 9.05. The van der Waals surface area contributed by atoms with Gasteiger partial charge in [0.2, 0.25) is 0 Å². The molecule has 2 aliphatic heterocycles. The molecule has 0 unspecified atom stereocenters. The van der Waals surface area contributed by atoms with Gasteiger partial charge in [0.1, 0.15) is 0 Å². The molecular formula is C13H18N4O2. The van der Waals surface area contributed by atoms with E-state index < -0.39 is 0 Å². The molecule has 2 aliphatic rings. The molecule has 0 saturated carbocycles. The summed E-state index contributed by atoms with van der Waals surface area (Å²) < 4.78 is 5.36. The van der Waals surface area contributed by atoms with E-state index in [9.17, 15) is 4.79 Å². The van der Waals surface area contributed by atoms with Crippen LogP contribution in [0.2, 0.25) is 0 Å². The molecule has 2 saturated heterocycles. The molecule has 1 N–H and O–H groups in total. The zero-order valence-electron chi connectivity index (χ0n) is 11.4. The van der Waals surface area contributed by atoms with Crippen molar-refractivity contribution in [2.45, 2.75) is 12.5 Å². The predicted molar refractivity (Wildman–Crippen MR) is 71.6 cm³/mol. The van der Waals surface area contributed by atoms with Crippen LogP contribution in [0.25, 0.3) is 0 Å². The van der Waals surface area contributed by atoms with Crippen LogP contribution in [0.15, 0.2) is 12.1 Å². The summed E-state index contributed by atoms with van der Waals surface area (Å²) >= 11 is 0. The molecule has 102 valence electrons. The number of nitrogens with one attached hydrogen (secondary N) is 1. The van der Waals surface area contributed by atoms with Crippen molar-refractivity contribution >= 4 is 11.8 Å². The minimum atomic E-state index is -0.0898. The molecule has 6 heteroatoms. The number of aryl methyl sites for hydroxylation is 1. The van der Waals surface area contributed by atoms with Crippen LogP contribution in [-0.4, -0.2) is 55.2 Å². The fourth-order valence-electron chi connectivity index (χ4n) is 2.75. The van der Waals surface area contributed by atoms with Gasteiger partial charge < -0.3 is 19.9 Å². The maximum absolute atomic E-state index is 11.6. The van der Waals surface area contributed by atoms with Gasteiger partial charge in [-0.05, 0) is 19.1 Å². The third kappa shape index (κ3) is 1.70. The second-order valence-electron chi connectivity index (χ2n) is 5.28. The van der Waals surface area contributed by atoms with Crippen LogP contribution >= 0.6 is 0 Å². The highest BCUT2D eigenvalue weighted by Gasteiger charge is 2.52. The van der Waals surface area contributed by atoms with E-state index in [1.807, 2.05) is 26.1 Å². The van der Waals surface area contributed by atoms with Gasteiger partial charge in [0.15, 0.2) is 11.6 Å². The van der Waals surface area contributed by atoms with E-state index in [0.29, 0.717) is 6.54 Å². The molecule has 0 atom stereocenters. The summed E-state index contributed by atoms with van der Waals surface area (Å²) in [6.45, 7) is 4.24. The Bertz CT molecular complexity index is 525. The number of rotatable bonds is 2. The Morgan fingerprint density at radius 2 is 2.16 bits per heavy atom.